The van der Waals surface area contributed by atoms with Crippen LogP contribution in [0, 0.1) is 0 Å². The second-order valence-corrected chi connectivity index (χ2v) is 8.19. The Morgan fingerprint density at radius 2 is 2.09 bits per heavy atom. The van der Waals surface area contributed by atoms with Crippen LogP contribution in [0.3, 0.4) is 0 Å². The molecule has 0 aliphatic carbocycles. The van der Waals surface area contributed by atoms with E-state index in [-0.39, 0.29) is 11.5 Å². The summed E-state index contributed by atoms with van der Waals surface area (Å²) in [7, 11) is 0. The standard InChI is InChI=1S/C24H25N5O3/c1-15-23(31)27-24-26-19-9-8-18(13-17(19)14-29(15)24)32-12-10-21(22(25)30)28-11-4-6-16-5-2-3-7-20(16)28/h2-3,5,7-9,13,21H,1,4,6,10-12,14H2,(H2,25,30)(H,26,27,31). The Bertz CT molecular complexity index is 1360. The lowest BCUT2D eigenvalue weighted by atomic mass is 9.99. The predicted molar refractivity (Wildman–Crippen MR) is 122 cm³/mol. The molecule has 2 aliphatic rings. The molecule has 0 saturated heterocycles. The Morgan fingerprint density at radius 1 is 1.25 bits per heavy atom. The maximum atomic E-state index is 12.3. The van der Waals surface area contributed by atoms with Gasteiger partial charge in [-0.3, -0.25) is 14.6 Å². The normalized spacial score (nSPS) is 15.2. The number of anilines is 1. The van der Waals surface area contributed by atoms with Gasteiger partial charge in [0.2, 0.25) is 11.5 Å². The van der Waals surface area contributed by atoms with Crippen molar-refractivity contribution in [2.24, 2.45) is 10.7 Å². The average molecular weight is 431 g/mol. The molecule has 1 atom stereocenters. The average Bonchev–Trinajstić information content (AvgIpc) is 3.07. The molecule has 1 amide bonds. The third kappa shape index (κ3) is 3.57. The molecule has 8 nitrogen and oxygen atoms in total. The second-order valence-electron chi connectivity index (χ2n) is 8.19. The molecule has 5 rings (SSSR count). The summed E-state index contributed by atoms with van der Waals surface area (Å²) >= 11 is 0. The monoisotopic (exact) mass is 431 g/mol. The van der Waals surface area contributed by atoms with Gasteiger partial charge in [0.1, 0.15) is 17.1 Å². The molecule has 8 heteroatoms. The molecular formula is C24H25N5O3. The Hall–Kier alpha value is -3.81. The molecule has 3 N–H and O–H groups in total. The van der Waals surface area contributed by atoms with E-state index in [0.717, 1.165) is 36.3 Å². The topological polar surface area (TPSA) is 106 Å². The summed E-state index contributed by atoms with van der Waals surface area (Å²) in [6, 6.07) is 13.4. The highest BCUT2D eigenvalue weighted by molar-refractivity contribution is 5.84. The van der Waals surface area contributed by atoms with E-state index >= 15 is 0 Å². The molecule has 32 heavy (non-hydrogen) atoms. The van der Waals surface area contributed by atoms with Gasteiger partial charge in [-0.25, -0.2) is 4.99 Å². The van der Waals surface area contributed by atoms with E-state index in [9.17, 15) is 9.59 Å². The molecule has 2 aromatic carbocycles. The van der Waals surface area contributed by atoms with E-state index in [0.29, 0.717) is 36.3 Å². The molecule has 3 heterocycles. The fourth-order valence-corrected chi connectivity index (χ4v) is 4.55. The number of para-hydroxylation sites is 1. The highest BCUT2D eigenvalue weighted by Gasteiger charge is 2.28. The Balaban J connectivity index is 1.29. The van der Waals surface area contributed by atoms with Gasteiger partial charge in [0.05, 0.1) is 18.8 Å². The third-order valence-electron chi connectivity index (χ3n) is 6.19. The number of nitrogens with zero attached hydrogens (tertiary/aromatic N) is 3. The van der Waals surface area contributed by atoms with Gasteiger partial charge in [0.25, 0.3) is 5.56 Å². The third-order valence-corrected chi connectivity index (χ3v) is 6.19. The molecule has 1 aromatic heterocycles. The van der Waals surface area contributed by atoms with E-state index in [2.05, 4.69) is 33.6 Å². The first-order valence-electron chi connectivity index (χ1n) is 10.8. The summed E-state index contributed by atoms with van der Waals surface area (Å²) in [4.78, 5) is 33.4. The van der Waals surface area contributed by atoms with Crippen LogP contribution in [-0.4, -0.2) is 34.7 Å². The van der Waals surface area contributed by atoms with Crippen molar-refractivity contribution in [2.45, 2.75) is 31.8 Å². The number of fused-ring (bicyclic) bond motifs is 3. The van der Waals surface area contributed by atoms with E-state index in [1.54, 1.807) is 4.57 Å². The van der Waals surface area contributed by atoms with Crippen molar-refractivity contribution in [3.8, 4) is 5.75 Å². The van der Waals surface area contributed by atoms with Crippen LogP contribution >= 0.6 is 0 Å². The number of rotatable bonds is 6. The number of hydrogen-bond acceptors (Lipinski definition) is 5. The van der Waals surface area contributed by atoms with E-state index in [1.807, 2.05) is 30.3 Å². The fraction of sp³-hybridized carbons (Fsp3) is 0.292. The zero-order valence-corrected chi connectivity index (χ0v) is 17.7. The number of H-pyrrole nitrogens is 1. The minimum absolute atomic E-state index is 0.232. The number of benzene rings is 2. The number of hydrogen-bond donors (Lipinski definition) is 2. The molecule has 2 aliphatic heterocycles. The number of aromatic amines is 1. The first-order chi connectivity index (χ1) is 15.5. The van der Waals surface area contributed by atoms with Crippen LogP contribution < -0.4 is 31.9 Å². The van der Waals surface area contributed by atoms with Crippen molar-refractivity contribution in [3.63, 3.8) is 0 Å². The molecular weight excluding hydrogens is 406 g/mol. The number of nitrogens with two attached hydrogens (primary N) is 1. The highest BCUT2D eigenvalue weighted by Crippen LogP contribution is 2.30. The first-order valence-corrected chi connectivity index (χ1v) is 10.8. The summed E-state index contributed by atoms with van der Waals surface area (Å²) in [5.74, 6) is 0.344. The zero-order chi connectivity index (χ0) is 22.2. The highest BCUT2D eigenvalue weighted by atomic mass is 16.5. The van der Waals surface area contributed by atoms with Gasteiger partial charge in [-0.1, -0.05) is 24.8 Å². The molecule has 3 aromatic rings. The van der Waals surface area contributed by atoms with Crippen LogP contribution in [0.15, 0.2) is 52.3 Å². The molecule has 164 valence electrons. The first kappa shape index (κ1) is 20.1. The number of aromatic nitrogens is 2. The summed E-state index contributed by atoms with van der Waals surface area (Å²) in [5.41, 5.74) is 10.1. The van der Waals surface area contributed by atoms with Gasteiger partial charge >= 0.3 is 0 Å². The smallest absolute Gasteiger partial charge is 0.274 e. The number of nitrogens with one attached hydrogen (secondary N) is 1. The minimum atomic E-state index is -0.425. The van der Waals surface area contributed by atoms with Crippen molar-refractivity contribution in [2.75, 3.05) is 18.1 Å². The lowest BCUT2D eigenvalue weighted by molar-refractivity contribution is -0.119. The molecule has 0 spiro atoms. The SMILES string of the molecule is C=c1c(=O)[nH]c2n1Cc1cc(OCCC(C(N)=O)N3CCCc4ccccc43)ccc1N=2. The van der Waals surface area contributed by atoms with Gasteiger partial charge < -0.3 is 19.9 Å². The number of imidazole rings is 1. The number of amides is 1. The maximum Gasteiger partial charge on any atom is 0.274 e. The largest absolute Gasteiger partial charge is 0.493 e. The summed E-state index contributed by atoms with van der Waals surface area (Å²) in [5, 5.41) is 0.381. The van der Waals surface area contributed by atoms with Crippen LogP contribution in [0.5, 0.6) is 5.75 Å². The van der Waals surface area contributed by atoms with Gasteiger partial charge in [-0.2, -0.15) is 0 Å². The van der Waals surface area contributed by atoms with Crippen LogP contribution in [-0.2, 0) is 17.8 Å². The number of ether oxygens (including phenoxy) is 1. The van der Waals surface area contributed by atoms with E-state index in [4.69, 9.17) is 10.5 Å². The Kier molecular flexibility index (Phi) is 5.05. The van der Waals surface area contributed by atoms with Gasteiger partial charge in [-0.05, 0) is 42.7 Å². The zero-order valence-electron chi connectivity index (χ0n) is 17.7. The lowest BCUT2D eigenvalue weighted by Crippen LogP contribution is -2.48. The van der Waals surface area contributed by atoms with Crippen molar-refractivity contribution in [1.29, 1.82) is 0 Å². The Labute approximate surface area is 184 Å². The van der Waals surface area contributed by atoms with Crippen LogP contribution in [0.1, 0.15) is 24.0 Å². The van der Waals surface area contributed by atoms with Gasteiger partial charge in [0, 0.05) is 24.2 Å². The molecule has 0 radical (unpaired) electrons. The lowest BCUT2D eigenvalue weighted by Gasteiger charge is -2.36. The number of aryl methyl sites for hydroxylation is 1. The van der Waals surface area contributed by atoms with E-state index < -0.39 is 6.04 Å². The number of carbonyl (C=O) groups excluding carboxylic acids is 1. The van der Waals surface area contributed by atoms with Gasteiger partial charge in [0.15, 0.2) is 0 Å². The maximum absolute atomic E-state index is 12.3. The van der Waals surface area contributed by atoms with Crippen LogP contribution in [0.2, 0.25) is 0 Å². The predicted octanol–water partition coefficient (Wildman–Crippen LogP) is 0.975. The molecule has 1 unspecified atom stereocenters. The van der Waals surface area contributed by atoms with Crippen molar-refractivity contribution in [1.82, 2.24) is 9.55 Å². The fourth-order valence-electron chi connectivity index (χ4n) is 4.55. The summed E-state index contributed by atoms with van der Waals surface area (Å²) in [6.07, 6.45) is 2.50. The molecule has 0 fully saturated rings. The number of primary amides is 1. The number of carbonyl (C=O) groups is 1. The van der Waals surface area contributed by atoms with Gasteiger partial charge in [-0.15, -0.1) is 0 Å². The van der Waals surface area contributed by atoms with Crippen LogP contribution in [0.4, 0.5) is 11.4 Å². The van der Waals surface area contributed by atoms with Crippen LogP contribution in [0.25, 0.3) is 6.58 Å². The van der Waals surface area contributed by atoms with E-state index in [1.165, 1.54) is 5.56 Å². The Morgan fingerprint density at radius 3 is 2.94 bits per heavy atom. The minimum Gasteiger partial charge on any atom is -0.493 e. The van der Waals surface area contributed by atoms with Crippen molar-refractivity contribution >= 4 is 23.9 Å². The van der Waals surface area contributed by atoms with Crippen molar-refractivity contribution in [3.05, 3.63) is 74.9 Å². The summed E-state index contributed by atoms with van der Waals surface area (Å²) < 4.78 is 7.74. The quantitative estimate of drug-likeness (QED) is 0.475. The molecule has 0 saturated carbocycles. The molecule has 0 bridgehead atoms. The van der Waals surface area contributed by atoms with Crippen molar-refractivity contribution < 1.29 is 9.53 Å². The second kappa shape index (κ2) is 8.03. The summed E-state index contributed by atoms with van der Waals surface area (Å²) in [6.45, 7) is 5.47.